The number of aryl methyl sites for hydroxylation is 1. The van der Waals surface area contributed by atoms with Crippen molar-refractivity contribution in [3.05, 3.63) is 53.9 Å². The second-order valence-electron chi connectivity index (χ2n) is 5.30. The maximum absolute atomic E-state index is 5.91. The van der Waals surface area contributed by atoms with E-state index in [4.69, 9.17) is 4.42 Å². The number of rotatable bonds is 5. The van der Waals surface area contributed by atoms with Gasteiger partial charge in [0.2, 0.25) is 0 Å². The summed E-state index contributed by atoms with van der Waals surface area (Å²) in [4.78, 5) is 4.52. The van der Waals surface area contributed by atoms with Crippen LogP contribution in [0, 0.1) is 6.92 Å². The van der Waals surface area contributed by atoms with Crippen molar-refractivity contribution in [2.45, 2.75) is 26.8 Å². The Kier molecular flexibility index (Phi) is 4.02. The lowest BCUT2D eigenvalue weighted by molar-refractivity contribution is 0.493. The van der Waals surface area contributed by atoms with E-state index in [9.17, 15) is 0 Å². The zero-order chi connectivity index (χ0) is 14.7. The second-order valence-corrected chi connectivity index (χ2v) is 5.30. The van der Waals surface area contributed by atoms with E-state index in [2.05, 4.69) is 41.5 Å². The molecule has 3 heteroatoms. The van der Waals surface area contributed by atoms with Gasteiger partial charge in [0.25, 0.3) is 0 Å². The van der Waals surface area contributed by atoms with Crippen LogP contribution < -0.4 is 5.32 Å². The third-order valence-corrected chi connectivity index (χ3v) is 3.50. The number of hydrogen-bond donors (Lipinski definition) is 1. The van der Waals surface area contributed by atoms with Gasteiger partial charge in [-0.25, -0.2) is 0 Å². The summed E-state index contributed by atoms with van der Waals surface area (Å²) in [7, 11) is 0. The van der Waals surface area contributed by atoms with Crippen LogP contribution >= 0.6 is 0 Å². The van der Waals surface area contributed by atoms with Crippen molar-refractivity contribution in [3.8, 4) is 11.3 Å². The molecule has 3 aromatic rings. The standard InChI is InChI=1S/C18H20N2O/c1-3-10-19-12-16-7-9-18(21-16)15-6-8-17-14(11-15)5-4-13(2)20-17/h4-9,11,19H,3,10,12H2,1-2H3. The van der Waals surface area contributed by atoms with Crippen LogP contribution in [0.25, 0.3) is 22.2 Å². The Bertz CT molecular complexity index is 746. The van der Waals surface area contributed by atoms with Gasteiger partial charge in [-0.3, -0.25) is 4.98 Å². The second kappa shape index (κ2) is 6.10. The summed E-state index contributed by atoms with van der Waals surface area (Å²) in [5.74, 6) is 1.88. The van der Waals surface area contributed by atoms with Gasteiger partial charge in [-0.1, -0.05) is 13.0 Å². The lowest BCUT2D eigenvalue weighted by Crippen LogP contribution is -2.12. The molecular weight excluding hydrogens is 260 g/mol. The van der Waals surface area contributed by atoms with Crippen LogP contribution in [0.4, 0.5) is 0 Å². The van der Waals surface area contributed by atoms with Crippen molar-refractivity contribution in [2.24, 2.45) is 0 Å². The Morgan fingerprint density at radius 2 is 2.00 bits per heavy atom. The van der Waals surface area contributed by atoms with Crippen LogP contribution in [0.15, 0.2) is 46.9 Å². The largest absolute Gasteiger partial charge is 0.460 e. The molecule has 0 fully saturated rings. The molecule has 0 aliphatic rings. The lowest BCUT2D eigenvalue weighted by Gasteiger charge is -2.02. The molecule has 1 aromatic carbocycles. The first kappa shape index (κ1) is 13.8. The zero-order valence-electron chi connectivity index (χ0n) is 12.5. The van der Waals surface area contributed by atoms with Crippen LogP contribution in [-0.2, 0) is 6.54 Å². The predicted octanol–water partition coefficient (Wildman–Crippen LogP) is 4.30. The monoisotopic (exact) mass is 280 g/mol. The summed E-state index contributed by atoms with van der Waals surface area (Å²) in [5, 5.41) is 4.49. The van der Waals surface area contributed by atoms with Crippen molar-refractivity contribution in [2.75, 3.05) is 6.54 Å². The molecule has 0 radical (unpaired) electrons. The number of hydrogen-bond acceptors (Lipinski definition) is 3. The maximum atomic E-state index is 5.91. The van der Waals surface area contributed by atoms with Gasteiger partial charge in [0.1, 0.15) is 11.5 Å². The van der Waals surface area contributed by atoms with Gasteiger partial charge in [0.05, 0.1) is 12.1 Å². The van der Waals surface area contributed by atoms with Crippen LogP contribution in [0.5, 0.6) is 0 Å². The van der Waals surface area contributed by atoms with Gasteiger partial charge in [0, 0.05) is 16.6 Å². The average Bonchev–Trinajstić information content (AvgIpc) is 2.96. The molecule has 0 spiro atoms. The highest BCUT2D eigenvalue weighted by Crippen LogP contribution is 2.25. The summed E-state index contributed by atoms with van der Waals surface area (Å²) in [6.07, 6.45) is 1.13. The predicted molar refractivity (Wildman–Crippen MR) is 86.2 cm³/mol. The fourth-order valence-electron chi connectivity index (χ4n) is 2.40. The molecule has 1 N–H and O–H groups in total. The van der Waals surface area contributed by atoms with Crippen molar-refractivity contribution < 1.29 is 4.42 Å². The molecule has 108 valence electrons. The van der Waals surface area contributed by atoms with Gasteiger partial charge >= 0.3 is 0 Å². The maximum Gasteiger partial charge on any atom is 0.134 e. The summed E-state index contributed by atoms with van der Waals surface area (Å²) in [6.45, 7) is 5.96. The van der Waals surface area contributed by atoms with Crippen LogP contribution in [0.1, 0.15) is 24.8 Å². The average molecular weight is 280 g/mol. The topological polar surface area (TPSA) is 38.1 Å². The fourth-order valence-corrected chi connectivity index (χ4v) is 2.40. The number of nitrogens with one attached hydrogen (secondary N) is 1. The Balaban J connectivity index is 1.84. The van der Waals surface area contributed by atoms with Gasteiger partial charge in [-0.15, -0.1) is 0 Å². The molecular formula is C18H20N2O. The number of nitrogens with zero attached hydrogens (tertiary/aromatic N) is 1. The molecule has 0 amide bonds. The summed E-state index contributed by atoms with van der Waals surface area (Å²) < 4.78 is 5.91. The lowest BCUT2D eigenvalue weighted by atomic mass is 10.1. The zero-order valence-corrected chi connectivity index (χ0v) is 12.5. The molecule has 0 saturated carbocycles. The number of fused-ring (bicyclic) bond motifs is 1. The van der Waals surface area contributed by atoms with E-state index in [0.29, 0.717) is 0 Å². The summed E-state index contributed by atoms with van der Waals surface area (Å²) in [5.41, 5.74) is 3.16. The van der Waals surface area contributed by atoms with Gasteiger partial charge in [-0.2, -0.15) is 0 Å². The summed E-state index contributed by atoms with van der Waals surface area (Å²) in [6, 6.07) is 14.5. The molecule has 21 heavy (non-hydrogen) atoms. The van der Waals surface area contributed by atoms with E-state index in [-0.39, 0.29) is 0 Å². The number of furan rings is 1. The summed E-state index contributed by atoms with van der Waals surface area (Å²) >= 11 is 0. The quantitative estimate of drug-likeness (QED) is 0.708. The molecule has 3 rings (SSSR count). The van der Waals surface area contributed by atoms with Crippen molar-refractivity contribution in [3.63, 3.8) is 0 Å². The number of benzene rings is 1. The minimum Gasteiger partial charge on any atom is -0.460 e. The smallest absolute Gasteiger partial charge is 0.134 e. The van der Waals surface area contributed by atoms with E-state index in [1.165, 1.54) is 0 Å². The molecule has 2 aromatic heterocycles. The van der Waals surface area contributed by atoms with E-state index in [0.717, 1.165) is 53.2 Å². The van der Waals surface area contributed by atoms with Crippen molar-refractivity contribution in [1.29, 1.82) is 0 Å². The first-order chi connectivity index (χ1) is 10.3. The number of pyridine rings is 1. The number of aromatic nitrogens is 1. The van der Waals surface area contributed by atoms with E-state index < -0.39 is 0 Å². The Labute approximate surface area is 125 Å². The Morgan fingerprint density at radius 3 is 2.86 bits per heavy atom. The van der Waals surface area contributed by atoms with Gasteiger partial charge in [-0.05, 0) is 56.3 Å². The first-order valence-corrected chi connectivity index (χ1v) is 7.43. The SMILES string of the molecule is CCCNCc1ccc(-c2ccc3nc(C)ccc3c2)o1. The third-order valence-electron chi connectivity index (χ3n) is 3.50. The first-order valence-electron chi connectivity index (χ1n) is 7.43. The molecule has 0 bridgehead atoms. The molecule has 0 saturated heterocycles. The highest BCUT2D eigenvalue weighted by molar-refractivity contribution is 5.83. The highest BCUT2D eigenvalue weighted by atomic mass is 16.3. The normalized spacial score (nSPS) is 11.1. The molecule has 0 aliphatic heterocycles. The Hall–Kier alpha value is -2.13. The highest BCUT2D eigenvalue weighted by Gasteiger charge is 2.06. The minimum atomic E-state index is 0.780. The van der Waals surface area contributed by atoms with E-state index in [1.807, 2.05) is 25.1 Å². The minimum absolute atomic E-state index is 0.780. The molecule has 3 nitrogen and oxygen atoms in total. The van der Waals surface area contributed by atoms with E-state index in [1.54, 1.807) is 0 Å². The van der Waals surface area contributed by atoms with Crippen molar-refractivity contribution in [1.82, 2.24) is 10.3 Å². The van der Waals surface area contributed by atoms with Gasteiger partial charge < -0.3 is 9.73 Å². The molecule has 0 unspecified atom stereocenters. The molecule has 0 atom stereocenters. The molecule has 2 heterocycles. The van der Waals surface area contributed by atoms with Gasteiger partial charge in [0.15, 0.2) is 0 Å². The Morgan fingerprint density at radius 1 is 1.10 bits per heavy atom. The van der Waals surface area contributed by atoms with Crippen LogP contribution in [0.3, 0.4) is 0 Å². The van der Waals surface area contributed by atoms with Crippen LogP contribution in [-0.4, -0.2) is 11.5 Å². The fraction of sp³-hybridized carbons (Fsp3) is 0.278. The van der Waals surface area contributed by atoms with Crippen LogP contribution in [0.2, 0.25) is 0 Å². The van der Waals surface area contributed by atoms with E-state index >= 15 is 0 Å². The van der Waals surface area contributed by atoms with Crippen molar-refractivity contribution >= 4 is 10.9 Å². The third kappa shape index (κ3) is 3.14. The molecule has 0 aliphatic carbocycles.